The van der Waals surface area contributed by atoms with Crippen LogP contribution in [0.4, 0.5) is 16.3 Å². The first kappa shape index (κ1) is 25.1. The molecule has 0 fully saturated rings. The van der Waals surface area contributed by atoms with Crippen molar-refractivity contribution in [3.8, 4) is 0 Å². The van der Waals surface area contributed by atoms with Gasteiger partial charge in [-0.15, -0.1) is 0 Å². The van der Waals surface area contributed by atoms with Crippen LogP contribution < -0.4 is 10.6 Å². The lowest BCUT2D eigenvalue weighted by Crippen LogP contribution is -2.22. The monoisotopic (exact) mass is 463 g/mol. The fourth-order valence-electron chi connectivity index (χ4n) is 3.38. The van der Waals surface area contributed by atoms with E-state index in [2.05, 4.69) is 39.5 Å². The van der Waals surface area contributed by atoms with Crippen LogP contribution in [0.25, 0.3) is 0 Å². The highest BCUT2D eigenvalue weighted by Gasteiger charge is 2.20. The van der Waals surface area contributed by atoms with E-state index in [0.29, 0.717) is 23.0 Å². The van der Waals surface area contributed by atoms with Gasteiger partial charge in [0, 0.05) is 36.3 Å². The van der Waals surface area contributed by atoms with Gasteiger partial charge in [0.15, 0.2) is 11.6 Å². The Balaban J connectivity index is 1.56. The van der Waals surface area contributed by atoms with E-state index in [1.165, 1.54) is 0 Å². The van der Waals surface area contributed by atoms with E-state index in [-0.39, 0.29) is 17.6 Å². The normalized spacial score (nSPS) is 11.5. The molecule has 0 unspecified atom stereocenters. The maximum atomic E-state index is 12.8. The molecule has 2 amide bonds. The van der Waals surface area contributed by atoms with E-state index in [0.717, 1.165) is 30.8 Å². The van der Waals surface area contributed by atoms with Gasteiger partial charge in [-0.1, -0.05) is 51.9 Å². The number of nitrogens with one attached hydrogen (secondary N) is 2. The molecule has 0 aliphatic heterocycles. The summed E-state index contributed by atoms with van der Waals surface area (Å²) < 4.78 is 5.27. The van der Waals surface area contributed by atoms with E-state index >= 15 is 0 Å². The zero-order chi connectivity index (χ0) is 24.7. The van der Waals surface area contributed by atoms with Gasteiger partial charge in [-0.05, 0) is 48.5 Å². The lowest BCUT2D eigenvalue weighted by Gasteiger charge is -2.18. The van der Waals surface area contributed by atoms with Crippen molar-refractivity contribution in [2.24, 2.45) is 0 Å². The minimum absolute atomic E-state index is 0.0412. The summed E-state index contributed by atoms with van der Waals surface area (Å²) in [7, 11) is 0. The highest BCUT2D eigenvalue weighted by atomic mass is 16.5. The van der Waals surface area contributed by atoms with Crippen molar-refractivity contribution >= 4 is 23.3 Å². The van der Waals surface area contributed by atoms with Crippen LogP contribution >= 0.6 is 0 Å². The van der Waals surface area contributed by atoms with Gasteiger partial charge in [0.1, 0.15) is 11.5 Å². The van der Waals surface area contributed by atoms with E-state index < -0.39 is 6.03 Å². The molecule has 0 spiro atoms. The van der Waals surface area contributed by atoms with Gasteiger partial charge in [0.05, 0.1) is 0 Å². The highest BCUT2D eigenvalue weighted by Crippen LogP contribution is 2.24. The first-order valence-electron chi connectivity index (χ1n) is 11.5. The topological polar surface area (TPSA) is 100 Å². The average Bonchev–Trinajstić information content (AvgIpc) is 3.28. The molecule has 0 radical (unpaired) electrons. The number of anilines is 2. The third-order valence-electron chi connectivity index (χ3n) is 5.48. The number of carbonyl (C=O) groups excluding carboxylic acids is 2. The van der Waals surface area contributed by atoms with Crippen molar-refractivity contribution in [2.75, 3.05) is 23.7 Å². The molecule has 0 atom stereocenters. The number of aromatic nitrogens is 2. The predicted octanol–water partition coefficient (Wildman–Crippen LogP) is 5.28. The number of carbonyl (C=O) groups is 2. The molecular weight excluding hydrogens is 430 g/mol. The molecule has 180 valence electrons. The quantitative estimate of drug-likeness (QED) is 0.419. The number of benzene rings is 1. The molecule has 0 bridgehead atoms. The molecule has 8 nitrogen and oxygen atoms in total. The van der Waals surface area contributed by atoms with Gasteiger partial charge in [-0.25, -0.2) is 4.79 Å². The SMILES string of the molecule is CCN(CC)Cc1ccnc(C(=O)Cc2ccc(NC(=O)Nc3cc(C(C)(C)C)on3)cc2)c1. The van der Waals surface area contributed by atoms with Crippen LogP contribution in [0.1, 0.15) is 62.0 Å². The minimum Gasteiger partial charge on any atom is -0.359 e. The van der Waals surface area contributed by atoms with Gasteiger partial charge in [0.2, 0.25) is 0 Å². The van der Waals surface area contributed by atoms with Gasteiger partial charge >= 0.3 is 6.03 Å². The van der Waals surface area contributed by atoms with Crippen molar-refractivity contribution in [1.82, 2.24) is 15.0 Å². The van der Waals surface area contributed by atoms with Crippen LogP contribution in [0.5, 0.6) is 0 Å². The van der Waals surface area contributed by atoms with Crippen LogP contribution in [-0.2, 0) is 18.4 Å². The third-order valence-corrected chi connectivity index (χ3v) is 5.48. The second-order valence-corrected chi connectivity index (χ2v) is 9.21. The number of nitrogens with zero attached hydrogens (tertiary/aromatic N) is 3. The Labute approximate surface area is 200 Å². The van der Waals surface area contributed by atoms with Crippen LogP contribution in [0.15, 0.2) is 53.2 Å². The first-order valence-corrected chi connectivity index (χ1v) is 11.5. The maximum Gasteiger partial charge on any atom is 0.324 e. The van der Waals surface area contributed by atoms with Crippen LogP contribution in [-0.4, -0.2) is 39.9 Å². The predicted molar refractivity (Wildman–Crippen MR) is 133 cm³/mol. The van der Waals surface area contributed by atoms with Crippen LogP contribution in [0.3, 0.4) is 0 Å². The summed E-state index contributed by atoms with van der Waals surface area (Å²) in [6, 6.07) is 12.3. The second-order valence-electron chi connectivity index (χ2n) is 9.21. The summed E-state index contributed by atoms with van der Waals surface area (Å²) >= 11 is 0. The molecule has 34 heavy (non-hydrogen) atoms. The summed E-state index contributed by atoms with van der Waals surface area (Å²) in [6.45, 7) is 13.0. The Bertz CT molecular complexity index is 1110. The zero-order valence-corrected chi connectivity index (χ0v) is 20.5. The van der Waals surface area contributed by atoms with E-state index in [1.54, 1.807) is 24.4 Å². The van der Waals surface area contributed by atoms with E-state index in [1.807, 2.05) is 45.0 Å². The van der Waals surface area contributed by atoms with Crippen molar-refractivity contribution in [3.05, 3.63) is 71.2 Å². The number of amides is 2. The molecule has 2 N–H and O–H groups in total. The number of ketones is 1. The van der Waals surface area contributed by atoms with Crippen molar-refractivity contribution in [2.45, 2.75) is 53.0 Å². The smallest absolute Gasteiger partial charge is 0.324 e. The zero-order valence-electron chi connectivity index (χ0n) is 20.5. The van der Waals surface area contributed by atoms with Crippen LogP contribution in [0, 0.1) is 0 Å². The number of pyridine rings is 1. The van der Waals surface area contributed by atoms with Gasteiger partial charge in [-0.2, -0.15) is 0 Å². The summed E-state index contributed by atoms with van der Waals surface area (Å²) in [5.41, 5.74) is 2.80. The highest BCUT2D eigenvalue weighted by molar-refractivity contribution is 5.99. The molecule has 2 heterocycles. The Kier molecular flexibility index (Phi) is 8.17. The molecule has 2 aromatic heterocycles. The Morgan fingerprint density at radius 2 is 1.68 bits per heavy atom. The van der Waals surface area contributed by atoms with Crippen molar-refractivity contribution in [1.29, 1.82) is 0 Å². The second kappa shape index (κ2) is 11.1. The largest absolute Gasteiger partial charge is 0.359 e. The standard InChI is InChI=1S/C26H33N5O3/c1-6-31(7-2)17-19-12-13-27-21(14-19)22(32)15-18-8-10-20(11-9-18)28-25(33)29-24-16-23(34-30-24)26(3,4)5/h8-14,16H,6-7,15,17H2,1-5H3,(H2,28,29,30,33). The number of Topliss-reactive ketones (excluding diaryl/α,β-unsaturated/α-hetero) is 1. The first-order chi connectivity index (χ1) is 16.2. The number of hydrogen-bond acceptors (Lipinski definition) is 6. The Morgan fingerprint density at radius 1 is 0.971 bits per heavy atom. The minimum atomic E-state index is -0.424. The molecular formula is C26H33N5O3. The maximum absolute atomic E-state index is 12.8. The summed E-state index contributed by atoms with van der Waals surface area (Å²) in [5, 5.41) is 9.29. The summed E-state index contributed by atoms with van der Waals surface area (Å²) in [5.74, 6) is 0.991. The lowest BCUT2D eigenvalue weighted by molar-refractivity contribution is 0.0988. The van der Waals surface area contributed by atoms with Crippen molar-refractivity contribution < 1.29 is 14.1 Å². The van der Waals surface area contributed by atoms with Crippen LogP contribution in [0.2, 0.25) is 0 Å². The molecule has 1 aromatic carbocycles. The molecule has 0 saturated heterocycles. The number of hydrogen-bond donors (Lipinski definition) is 2. The van der Waals surface area contributed by atoms with Gasteiger partial charge < -0.3 is 9.84 Å². The summed E-state index contributed by atoms with van der Waals surface area (Å²) in [6.07, 6.45) is 1.93. The van der Waals surface area contributed by atoms with Crippen molar-refractivity contribution in [3.63, 3.8) is 0 Å². The molecule has 3 rings (SSSR count). The fraction of sp³-hybridized carbons (Fsp3) is 0.385. The van der Waals surface area contributed by atoms with E-state index in [9.17, 15) is 9.59 Å². The van der Waals surface area contributed by atoms with Gasteiger partial charge in [-0.3, -0.25) is 20.0 Å². The molecule has 0 aliphatic carbocycles. The summed E-state index contributed by atoms with van der Waals surface area (Å²) in [4.78, 5) is 31.6. The van der Waals surface area contributed by atoms with Gasteiger partial charge in [0.25, 0.3) is 0 Å². The molecule has 0 saturated carbocycles. The lowest BCUT2D eigenvalue weighted by atomic mass is 9.93. The average molecular weight is 464 g/mol. The molecule has 3 aromatic rings. The molecule has 8 heteroatoms. The van der Waals surface area contributed by atoms with E-state index in [4.69, 9.17) is 4.52 Å². The molecule has 0 aliphatic rings. The number of urea groups is 1. The third kappa shape index (κ3) is 6.99. The Hall–Kier alpha value is -3.52. The fourth-order valence-corrected chi connectivity index (χ4v) is 3.38. The Morgan fingerprint density at radius 3 is 2.29 bits per heavy atom. The number of rotatable bonds is 9.